The highest BCUT2D eigenvalue weighted by Gasteiger charge is 2.35. The van der Waals surface area contributed by atoms with Gasteiger partial charge in [-0.2, -0.15) is 18.3 Å². The topological polar surface area (TPSA) is 92.8 Å². The van der Waals surface area contributed by atoms with E-state index in [1.807, 2.05) is 4.98 Å². The highest BCUT2D eigenvalue weighted by atomic mass is 19.4. The van der Waals surface area contributed by atoms with Crippen molar-refractivity contribution in [1.29, 1.82) is 0 Å². The Kier molecular flexibility index (Phi) is 5.82. The molecule has 2 aromatic heterocycles. The van der Waals surface area contributed by atoms with Crippen molar-refractivity contribution in [3.63, 3.8) is 0 Å². The molecular formula is C18H15F7N4O3. The van der Waals surface area contributed by atoms with Crippen molar-refractivity contribution < 1.29 is 35.5 Å². The fourth-order valence-corrected chi connectivity index (χ4v) is 3.38. The molecule has 0 spiro atoms. The average molecular weight is 468 g/mol. The molecular weight excluding hydrogens is 453 g/mol. The molecule has 3 aromatic rings. The number of rotatable bonds is 5. The molecule has 2 heterocycles. The summed E-state index contributed by atoms with van der Waals surface area (Å²) in [6.07, 6.45) is -11.4. The minimum absolute atomic E-state index is 0.0242. The monoisotopic (exact) mass is 468 g/mol. The fourth-order valence-electron chi connectivity index (χ4n) is 3.38. The van der Waals surface area contributed by atoms with Crippen LogP contribution in [0.2, 0.25) is 0 Å². The summed E-state index contributed by atoms with van der Waals surface area (Å²) in [6, 6.07) is 1.46. The third kappa shape index (κ3) is 4.94. The maximum Gasteiger partial charge on any atom is 0.573 e. The van der Waals surface area contributed by atoms with Crippen LogP contribution in [0.5, 0.6) is 5.75 Å². The summed E-state index contributed by atoms with van der Waals surface area (Å²) in [4.78, 5) is 28.0. The lowest BCUT2D eigenvalue weighted by molar-refractivity contribution is -0.275. The molecule has 174 valence electrons. The molecule has 3 rings (SSSR count). The lowest BCUT2D eigenvalue weighted by atomic mass is 9.96. The first-order valence-electron chi connectivity index (χ1n) is 9.02. The van der Waals surface area contributed by atoms with Gasteiger partial charge in [-0.25, -0.2) is 13.9 Å². The van der Waals surface area contributed by atoms with E-state index in [9.17, 15) is 40.3 Å². The molecule has 0 aliphatic rings. The summed E-state index contributed by atoms with van der Waals surface area (Å²) < 4.78 is 95.0. The highest BCUT2D eigenvalue weighted by molar-refractivity contribution is 5.77. The molecule has 1 aromatic carbocycles. The van der Waals surface area contributed by atoms with Crippen molar-refractivity contribution >= 4 is 11.0 Å². The summed E-state index contributed by atoms with van der Waals surface area (Å²) in [7, 11) is 0. The third-order valence-electron chi connectivity index (χ3n) is 4.45. The number of halogens is 7. The minimum Gasteiger partial charge on any atom is -0.403 e. The molecule has 0 fully saturated rings. The molecule has 0 saturated carbocycles. The third-order valence-corrected chi connectivity index (χ3v) is 4.45. The first kappa shape index (κ1) is 23.3. The van der Waals surface area contributed by atoms with E-state index in [0.29, 0.717) is 12.1 Å². The average Bonchev–Trinajstić information content (AvgIpc) is 2.92. The molecule has 2 N–H and O–H groups in total. The number of aromatic amines is 2. The lowest BCUT2D eigenvalue weighted by Crippen LogP contribution is -2.25. The summed E-state index contributed by atoms with van der Waals surface area (Å²) in [5.41, 5.74) is -3.10. The number of nitrogens with zero attached hydrogens (tertiary/aromatic N) is 2. The van der Waals surface area contributed by atoms with E-state index in [-0.39, 0.29) is 11.2 Å². The number of H-pyrrole nitrogens is 2. The van der Waals surface area contributed by atoms with Gasteiger partial charge >= 0.3 is 18.2 Å². The van der Waals surface area contributed by atoms with Gasteiger partial charge < -0.3 is 4.74 Å². The van der Waals surface area contributed by atoms with Gasteiger partial charge in [-0.1, -0.05) is 19.9 Å². The zero-order chi connectivity index (χ0) is 24.0. The van der Waals surface area contributed by atoms with Crippen LogP contribution in [0.15, 0.2) is 27.8 Å². The van der Waals surface area contributed by atoms with E-state index < -0.39 is 64.8 Å². The Labute approximate surface area is 173 Å². The second-order valence-corrected chi connectivity index (χ2v) is 7.24. The molecule has 0 aliphatic heterocycles. The Bertz CT molecular complexity index is 1250. The van der Waals surface area contributed by atoms with Gasteiger partial charge in [0.15, 0.2) is 11.6 Å². The molecule has 14 heteroatoms. The number of nitrogens with one attached hydrogen (secondary N) is 2. The predicted molar refractivity (Wildman–Crippen MR) is 96.8 cm³/mol. The van der Waals surface area contributed by atoms with Crippen LogP contribution in [0.4, 0.5) is 30.7 Å². The number of aromatic nitrogens is 4. The number of hydrogen-bond acceptors (Lipinski definition) is 4. The number of benzene rings is 1. The first-order chi connectivity index (χ1) is 14.7. The van der Waals surface area contributed by atoms with Gasteiger partial charge in [-0.3, -0.25) is 14.8 Å². The Hall–Kier alpha value is -3.32. The van der Waals surface area contributed by atoms with Crippen LogP contribution in [0.25, 0.3) is 11.0 Å². The number of ether oxygens (including phenoxy) is 1. The smallest absolute Gasteiger partial charge is 0.403 e. The molecule has 32 heavy (non-hydrogen) atoms. The Morgan fingerprint density at radius 2 is 1.75 bits per heavy atom. The van der Waals surface area contributed by atoms with Gasteiger partial charge in [0.05, 0.1) is 18.2 Å². The van der Waals surface area contributed by atoms with Gasteiger partial charge in [0.1, 0.15) is 11.0 Å². The quantitative estimate of drug-likeness (QED) is 0.558. The van der Waals surface area contributed by atoms with E-state index >= 15 is 0 Å². The van der Waals surface area contributed by atoms with Crippen LogP contribution in [-0.2, 0) is 6.42 Å². The summed E-state index contributed by atoms with van der Waals surface area (Å²) in [5, 5.41) is 3.35. The van der Waals surface area contributed by atoms with E-state index in [1.54, 1.807) is 13.8 Å². The zero-order valence-electron chi connectivity index (χ0n) is 16.4. The molecule has 0 radical (unpaired) electrons. The Balaban J connectivity index is 2.21. The van der Waals surface area contributed by atoms with Crippen LogP contribution >= 0.6 is 0 Å². The van der Waals surface area contributed by atoms with Crippen molar-refractivity contribution in [3.05, 3.63) is 56.1 Å². The van der Waals surface area contributed by atoms with E-state index in [1.165, 1.54) is 0 Å². The predicted octanol–water partition coefficient (Wildman–Crippen LogP) is 3.80. The van der Waals surface area contributed by atoms with E-state index in [4.69, 9.17) is 0 Å². The van der Waals surface area contributed by atoms with Crippen LogP contribution < -0.4 is 16.0 Å². The second-order valence-electron chi connectivity index (χ2n) is 7.24. The maximum absolute atomic E-state index is 14.3. The SMILES string of the molecule is CC(C)[C@@H](c1ccc(OC(F)(F)F)c(F)c1)n1nc(CC(F)(F)F)c2c(=O)[nH]c(=O)[nH]c21. The van der Waals surface area contributed by atoms with Crippen LogP contribution in [0.3, 0.4) is 0 Å². The molecule has 0 saturated heterocycles. The first-order valence-corrected chi connectivity index (χ1v) is 9.02. The van der Waals surface area contributed by atoms with E-state index in [2.05, 4.69) is 14.8 Å². The maximum atomic E-state index is 14.3. The van der Waals surface area contributed by atoms with E-state index in [0.717, 1.165) is 10.7 Å². The molecule has 0 unspecified atom stereocenters. The highest BCUT2D eigenvalue weighted by Crippen LogP contribution is 2.34. The van der Waals surface area contributed by atoms with Crippen molar-refractivity contribution in [2.24, 2.45) is 5.92 Å². The zero-order valence-corrected chi connectivity index (χ0v) is 16.4. The number of fused-ring (bicyclic) bond motifs is 1. The summed E-state index contributed by atoms with van der Waals surface area (Å²) in [6.45, 7) is 3.18. The molecule has 0 bridgehead atoms. The van der Waals surface area contributed by atoms with Crippen LogP contribution in [-0.4, -0.2) is 32.3 Å². The van der Waals surface area contributed by atoms with Crippen LogP contribution in [0.1, 0.15) is 31.1 Å². The fraction of sp³-hybridized carbons (Fsp3) is 0.389. The van der Waals surface area contributed by atoms with Crippen molar-refractivity contribution in [2.75, 3.05) is 0 Å². The van der Waals surface area contributed by atoms with Crippen LogP contribution in [0, 0.1) is 11.7 Å². The molecule has 0 aliphatic carbocycles. The molecule has 0 amide bonds. The second kappa shape index (κ2) is 7.98. The largest absolute Gasteiger partial charge is 0.573 e. The minimum atomic E-state index is -5.13. The Morgan fingerprint density at radius 3 is 2.28 bits per heavy atom. The van der Waals surface area contributed by atoms with Crippen molar-refractivity contribution in [3.8, 4) is 5.75 Å². The van der Waals surface area contributed by atoms with Gasteiger partial charge in [0, 0.05) is 0 Å². The van der Waals surface area contributed by atoms with Gasteiger partial charge in [-0.05, 0) is 23.6 Å². The van der Waals surface area contributed by atoms with Gasteiger partial charge in [0.25, 0.3) is 5.56 Å². The van der Waals surface area contributed by atoms with Gasteiger partial charge in [-0.15, -0.1) is 13.2 Å². The van der Waals surface area contributed by atoms with Crippen molar-refractivity contribution in [2.45, 2.75) is 38.8 Å². The van der Waals surface area contributed by atoms with Gasteiger partial charge in [0.2, 0.25) is 0 Å². The number of hydrogen-bond donors (Lipinski definition) is 2. The molecule has 7 nitrogen and oxygen atoms in total. The van der Waals surface area contributed by atoms with Crippen molar-refractivity contribution in [1.82, 2.24) is 19.7 Å². The summed E-state index contributed by atoms with van der Waals surface area (Å²) >= 11 is 0. The lowest BCUT2D eigenvalue weighted by Gasteiger charge is -2.23. The summed E-state index contributed by atoms with van der Waals surface area (Å²) in [5.74, 6) is -2.98. The normalized spacial score (nSPS) is 13.7. The Morgan fingerprint density at radius 1 is 1.09 bits per heavy atom. The standard InChI is InChI=1S/C18H15F7N4O3/c1-7(2)13(8-3-4-11(9(19)5-8)32-18(23,24)25)29-14-12(15(30)27-16(31)26-14)10(28-29)6-17(20,21)22/h3-5,7,13H,6H2,1-2H3,(H2,26,27,30,31)/t13-/m0/s1. The molecule has 1 atom stereocenters. The number of alkyl halides is 6.